The van der Waals surface area contributed by atoms with Gasteiger partial charge in [-0.05, 0) is 55.0 Å². The van der Waals surface area contributed by atoms with Crippen molar-refractivity contribution in [2.75, 3.05) is 23.3 Å². The number of rotatable bonds is 6. The van der Waals surface area contributed by atoms with E-state index in [1.54, 1.807) is 24.7 Å². The molecule has 0 radical (unpaired) electrons. The van der Waals surface area contributed by atoms with Crippen LogP contribution in [0.25, 0.3) is 44.6 Å². The van der Waals surface area contributed by atoms with Gasteiger partial charge in [0.05, 0.1) is 17.4 Å². The largest absolute Gasteiger partial charge is 0.355 e. The van der Waals surface area contributed by atoms with Crippen molar-refractivity contribution in [3.05, 3.63) is 48.7 Å². The summed E-state index contributed by atoms with van der Waals surface area (Å²) in [6.45, 7) is 5.89. The molecule has 6 rings (SSSR count). The highest BCUT2D eigenvalue weighted by atomic mass is 19.1. The molecule has 1 aromatic carbocycles. The lowest BCUT2D eigenvalue weighted by atomic mass is 10.0. The molecular formula is C28H29FN8O. The summed E-state index contributed by atoms with van der Waals surface area (Å²) in [6, 6.07) is 6.99. The molecule has 10 heteroatoms. The van der Waals surface area contributed by atoms with Gasteiger partial charge < -0.3 is 15.2 Å². The summed E-state index contributed by atoms with van der Waals surface area (Å²) in [5.41, 5.74) is 4.35. The predicted octanol–water partition coefficient (Wildman–Crippen LogP) is 5.68. The molecule has 0 saturated carbocycles. The van der Waals surface area contributed by atoms with E-state index < -0.39 is 5.82 Å². The van der Waals surface area contributed by atoms with Gasteiger partial charge in [0.15, 0.2) is 17.5 Å². The van der Waals surface area contributed by atoms with Crippen LogP contribution in [0.1, 0.15) is 39.5 Å². The van der Waals surface area contributed by atoms with Crippen LogP contribution >= 0.6 is 0 Å². The van der Waals surface area contributed by atoms with Gasteiger partial charge in [0, 0.05) is 42.9 Å². The van der Waals surface area contributed by atoms with Crippen LogP contribution in [-0.2, 0) is 4.79 Å². The smallest absolute Gasteiger partial charge is 0.224 e. The number of amides is 1. The lowest BCUT2D eigenvalue weighted by Crippen LogP contribution is -2.30. The molecule has 1 aliphatic heterocycles. The van der Waals surface area contributed by atoms with E-state index in [4.69, 9.17) is 4.98 Å². The molecule has 0 bridgehead atoms. The molecule has 3 N–H and O–H groups in total. The van der Waals surface area contributed by atoms with Gasteiger partial charge in [-0.15, -0.1) is 0 Å². The second-order valence-electron chi connectivity index (χ2n) is 10.2. The highest BCUT2D eigenvalue weighted by molar-refractivity contribution is 5.97. The Bertz CT molecular complexity index is 1630. The maximum absolute atomic E-state index is 15.2. The molecule has 1 fully saturated rings. The summed E-state index contributed by atoms with van der Waals surface area (Å²) in [5, 5.41) is 10.7. The van der Waals surface area contributed by atoms with Crippen LogP contribution in [0, 0.1) is 11.7 Å². The zero-order chi connectivity index (χ0) is 26.2. The zero-order valence-electron chi connectivity index (χ0n) is 21.4. The van der Waals surface area contributed by atoms with Crippen LogP contribution in [0.15, 0.2) is 42.9 Å². The third-order valence-corrected chi connectivity index (χ3v) is 6.84. The molecule has 1 amide bonds. The van der Waals surface area contributed by atoms with Crippen molar-refractivity contribution in [2.45, 2.75) is 39.5 Å². The van der Waals surface area contributed by atoms with E-state index in [1.165, 1.54) is 12.5 Å². The second kappa shape index (κ2) is 9.85. The lowest BCUT2D eigenvalue weighted by molar-refractivity contribution is -0.116. The van der Waals surface area contributed by atoms with Crippen molar-refractivity contribution >= 4 is 39.3 Å². The Labute approximate surface area is 218 Å². The Morgan fingerprint density at radius 2 is 1.95 bits per heavy atom. The van der Waals surface area contributed by atoms with Gasteiger partial charge in [-0.2, -0.15) is 5.10 Å². The number of hydrogen-bond donors (Lipinski definition) is 3. The molecule has 1 saturated heterocycles. The normalized spacial score (nSPS) is 14.1. The first-order valence-corrected chi connectivity index (χ1v) is 13.0. The van der Waals surface area contributed by atoms with E-state index in [-0.39, 0.29) is 17.3 Å². The van der Waals surface area contributed by atoms with Crippen molar-refractivity contribution in [1.29, 1.82) is 0 Å². The molecule has 0 unspecified atom stereocenters. The van der Waals surface area contributed by atoms with Crippen molar-refractivity contribution in [2.24, 2.45) is 5.92 Å². The Morgan fingerprint density at radius 3 is 2.76 bits per heavy atom. The molecule has 5 aromatic rings. The fraction of sp³-hybridized carbons (Fsp3) is 0.321. The minimum Gasteiger partial charge on any atom is -0.355 e. The number of carbonyl (C=O) groups is 1. The quantitative estimate of drug-likeness (QED) is 0.270. The first-order chi connectivity index (χ1) is 18.5. The number of imidazole rings is 1. The summed E-state index contributed by atoms with van der Waals surface area (Å²) in [7, 11) is 0. The fourth-order valence-corrected chi connectivity index (χ4v) is 5.05. The van der Waals surface area contributed by atoms with Crippen LogP contribution in [0.4, 0.5) is 15.9 Å². The molecule has 0 atom stereocenters. The Hall–Kier alpha value is -4.34. The number of pyridine rings is 2. The Balaban J connectivity index is 1.38. The van der Waals surface area contributed by atoms with Gasteiger partial charge in [0.2, 0.25) is 5.91 Å². The number of aromatic amines is 2. The number of fused-ring (bicyclic) bond motifs is 2. The fourth-order valence-electron chi connectivity index (χ4n) is 5.05. The summed E-state index contributed by atoms with van der Waals surface area (Å²) >= 11 is 0. The summed E-state index contributed by atoms with van der Waals surface area (Å²) in [4.78, 5) is 31.6. The third-order valence-electron chi connectivity index (χ3n) is 6.84. The molecule has 5 heterocycles. The van der Waals surface area contributed by atoms with Crippen LogP contribution < -0.4 is 10.2 Å². The number of benzene rings is 1. The summed E-state index contributed by atoms with van der Waals surface area (Å²) in [6.07, 6.45) is 8.94. The maximum Gasteiger partial charge on any atom is 0.224 e. The van der Waals surface area contributed by atoms with Crippen molar-refractivity contribution in [1.82, 2.24) is 30.1 Å². The molecule has 9 nitrogen and oxygen atoms in total. The van der Waals surface area contributed by atoms with E-state index in [9.17, 15) is 4.79 Å². The van der Waals surface area contributed by atoms with Gasteiger partial charge in [-0.25, -0.2) is 14.4 Å². The average Bonchev–Trinajstić information content (AvgIpc) is 3.53. The van der Waals surface area contributed by atoms with Crippen molar-refractivity contribution < 1.29 is 9.18 Å². The molecule has 0 aliphatic carbocycles. The van der Waals surface area contributed by atoms with Gasteiger partial charge in [0.25, 0.3) is 0 Å². The zero-order valence-corrected chi connectivity index (χ0v) is 21.4. The minimum atomic E-state index is -0.457. The number of hydrogen-bond acceptors (Lipinski definition) is 6. The number of anilines is 2. The highest BCUT2D eigenvalue weighted by Crippen LogP contribution is 2.34. The van der Waals surface area contributed by atoms with E-state index in [1.807, 2.05) is 26.0 Å². The molecular weight excluding hydrogens is 483 g/mol. The number of halogens is 1. The van der Waals surface area contributed by atoms with Crippen molar-refractivity contribution in [3.8, 4) is 22.6 Å². The number of nitrogens with zero attached hydrogens (tertiary/aromatic N) is 5. The molecule has 4 aromatic heterocycles. The standard InChI is InChI=1S/C28H29FN8O/c1-16(2)10-23(38)32-19-11-18(14-30-15-19)17-12-20-24(21(29)13-17)35-36-25(20)27-33-22-6-7-31-28(26(22)34-27)37-8-4-3-5-9-37/h6-7,11-16H,3-5,8-10H2,1-2H3,(H,32,38)(H,33,34)(H,35,36). The SMILES string of the molecule is CC(C)CC(=O)Nc1cncc(-c2cc(F)c3n[nH]c(-c4nc5c(N6CCCCC6)nccc5[nH]4)c3c2)c1. The lowest BCUT2D eigenvalue weighted by Gasteiger charge is -2.27. The van der Waals surface area contributed by atoms with Gasteiger partial charge >= 0.3 is 0 Å². The average molecular weight is 513 g/mol. The monoisotopic (exact) mass is 512 g/mol. The molecule has 0 spiro atoms. The van der Waals surface area contributed by atoms with Crippen LogP contribution in [0.3, 0.4) is 0 Å². The third kappa shape index (κ3) is 4.57. The van der Waals surface area contributed by atoms with E-state index in [2.05, 4.69) is 35.4 Å². The first kappa shape index (κ1) is 24.0. The van der Waals surface area contributed by atoms with Gasteiger partial charge in [-0.1, -0.05) is 13.8 Å². The van der Waals surface area contributed by atoms with Crippen LogP contribution in [0.2, 0.25) is 0 Å². The number of aromatic nitrogens is 6. The van der Waals surface area contributed by atoms with Crippen molar-refractivity contribution in [3.63, 3.8) is 0 Å². The van der Waals surface area contributed by atoms with E-state index >= 15 is 4.39 Å². The highest BCUT2D eigenvalue weighted by Gasteiger charge is 2.21. The minimum absolute atomic E-state index is 0.0824. The number of H-pyrrole nitrogens is 2. The van der Waals surface area contributed by atoms with E-state index in [0.29, 0.717) is 40.1 Å². The van der Waals surface area contributed by atoms with E-state index in [0.717, 1.165) is 42.8 Å². The maximum atomic E-state index is 15.2. The molecule has 1 aliphatic rings. The first-order valence-electron chi connectivity index (χ1n) is 13.0. The summed E-state index contributed by atoms with van der Waals surface area (Å²) in [5.74, 6) is 1.13. The van der Waals surface area contributed by atoms with Gasteiger partial charge in [-0.3, -0.25) is 14.9 Å². The Kier molecular flexibility index (Phi) is 6.22. The summed E-state index contributed by atoms with van der Waals surface area (Å²) < 4.78 is 15.2. The number of carbonyl (C=O) groups excluding carboxylic acids is 1. The number of nitrogens with one attached hydrogen (secondary N) is 3. The Morgan fingerprint density at radius 1 is 1.11 bits per heavy atom. The predicted molar refractivity (Wildman–Crippen MR) is 146 cm³/mol. The van der Waals surface area contributed by atoms with Crippen LogP contribution in [-0.4, -0.2) is 49.1 Å². The van der Waals surface area contributed by atoms with Gasteiger partial charge in [0.1, 0.15) is 16.7 Å². The topological polar surface area (TPSA) is 115 Å². The number of piperidine rings is 1. The molecule has 38 heavy (non-hydrogen) atoms. The van der Waals surface area contributed by atoms with Crippen LogP contribution in [0.5, 0.6) is 0 Å². The molecule has 194 valence electrons. The second-order valence-corrected chi connectivity index (χ2v) is 10.2.